The number of ether oxygens (including phenoxy) is 2. The molecular formula is C16H24N2O3. The van der Waals surface area contributed by atoms with Gasteiger partial charge in [0, 0.05) is 20.2 Å². The summed E-state index contributed by atoms with van der Waals surface area (Å²) in [6, 6.07) is 7.91. The van der Waals surface area contributed by atoms with Crippen LogP contribution in [0.5, 0.6) is 5.75 Å². The molecular weight excluding hydrogens is 268 g/mol. The van der Waals surface area contributed by atoms with E-state index in [0.29, 0.717) is 19.7 Å². The number of benzene rings is 1. The molecule has 0 radical (unpaired) electrons. The lowest BCUT2D eigenvalue weighted by atomic mass is 9.87. The number of hydrogen-bond donors (Lipinski definition) is 2. The average Bonchev–Trinajstić information content (AvgIpc) is 2.98. The summed E-state index contributed by atoms with van der Waals surface area (Å²) in [5, 5.41) is 6.28. The molecule has 116 valence electrons. The van der Waals surface area contributed by atoms with Crippen LogP contribution in [0.3, 0.4) is 0 Å². The molecule has 1 unspecified atom stereocenters. The van der Waals surface area contributed by atoms with Crippen LogP contribution in [0.2, 0.25) is 0 Å². The predicted molar refractivity (Wildman–Crippen MR) is 81.5 cm³/mol. The van der Waals surface area contributed by atoms with Crippen LogP contribution < -0.4 is 15.4 Å². The number of carbonyl (C=O) groups excluding carboxylic acids is 1. The van der Waals surface area contributed by atoms with Crippen molar-refractivity contribution in [3.8, 4) is 5.75 Å². The average molecular weight is 292 g/mol. The first kappa shape index (κ1) is 15.8. The summed E-state index contributed by atoms with van der Waals surface area (Å²) in [7, 11) is 3.30. The zero-order valence-corrected chi connectivity index (χ0v) is 12.8. The van der Waals surface area contributed by atoms with E-state index in [-0.39, 0.29) is 5.91 Å². The molecule has 1 aromatic carbocycles. The third-order valence-corrected chi connectivity index (χ3v) is 4.00. The molecule has 1 heterocycles. The van der Waals surface area contributed by atoms with Crippen molar-refractivity contribution in [3.63, 3.8) is 0 Å². The number of carbonyl (C=O) groups is 1. The van der Waals surface area contributed by atoms with E-state index in [9.17, 15) is 4.79 Å². The molecule has 0 aliphatic carbocycles. The number of methoxy groups -OCH3 is 2. The van der Waals surface area contributed by atoms with E-state index < -0.39 is 5.41 Å². The highest BCUT2D eigenvalue weighted by molar-refractivity contribution is 5.83. The summed E-state index contributed by atoms with van der Waals surface area (Å²) in [4.78, 5) is 12.4. The van der Waals surface area contributed by atoms with Gasteiger partial charge in [-0.2, -0.15) is 0 Å². The lowest BCUT2D eigenvalue weighted by molar-refractivity contribution is -0.132. The van der Waals surface area contributed by atoms with Crippen LogP contribution in [0.15, 0.2) is 24.3 Å². The summed E-state index contributed by atoms with van der Waals surface area (Å²) in [6.07, 6.45) is 1.64. The molecule has 1 atom stereocenters. The summed E-state index contributed by atoms with van der Waals surface area (Å²) in [5.74, 6) is 0.932. The van der Waals surface area contributed by atoms with Crippen LogP contribution in [0, 0.1) is 5.41 Å². The first-order valence-electron chi connectivity index (χ1n) is 7.31. The maximum atomic E-state index is 12.4. The highest BCUT2D eigenvalue weighted by atomic mass is 16.5. The Morgan fingerprint density at radius 2 is 2.10 bits per heavy atom. The summed E-state index contributed by atoms with van der Waals surface area (Å²) in [6.45, 7) is 2.66. The van der Waals surface area contributed by atoms with Crippen LogP contribution in [-0.4, -0.2) is 46.4 Å². The summed E-state index contributed by atoms with van der Waals surface area (Å²) >= 11 is 0. The number of hydrogen-bond acceptors (Lipinski definition) is 4. The van der Waals surface area contributed by atoms with Gasteiger partial charge in [0.2, 0.25) is 5.91 Å². The van der Waals surface area contributed by atoms with Crippen molar-refractivity contribution >= 4 is 5.91 Å². The second-order valence-corrected chi connectivity index (χ2v) is 5.49. The van der Waals surface area contributed by atoms with Crippen LogP contribution in [0.4, 0.5) is 0 Å². The minimum atomic E-state index is -0.408. The van der Waals surface area contributed by atoms with Gasteiger partial charge in [-0.15, -0.1) is 0 Å². The maximum Gasteiger partial charge on any atom is 0.229 e. The van der Waals surface area contributed by atoms with Gasteiger partial charge in [0.25, 0.3) is 0 Å². The zero-order chi connectivity index (χ0) is 15.1. The number of amides is 1. The third-order valence-electron chi connectivity index (χ3n) is 4.00. The highest BCUT2D eigenvalue weighted by Crippen LogP contribution is 2.26. The van der Waals surface area contributed by atoms with Gasteiger partial charge in [0.15, 0.2) is 0 Å². The molecule has 1 aliphatic heterocycles. The number of nitrogens with one attached hydrogen (secondary N) is 2. The van der Waals surface area contributed by atoms with Crippen molar-refractivity contribution in [2.45, 2.75) is 12.8 Å². The van der Waals surface area contributed by atoms with Crippen molar-refractivity contribution < 1.29 is 14.3 Å². The van der Waals surface area contributed by atoms with E-state index in [1.807, 2.05) is 24.3 Å². The maximum absolute atomic E-state index is 12.4. The Morgan fingerprint density at radius 3 is 2.67 bits per heavy atom. The molecule has 1 amide bonds. The third kappa shape index (κ3) is 3.95. The lowest BCUT2D eigenvalue weighted by Crippen LogP contribution is -2.46. The standard InChI is InChI=1S/C16H24N2O3/c1-20-12-16(8-10-17-11-16)15(19)18-9-7-13-3-5-14(21-2)6-4-13/h3-6,17H,7-12H2,1-2H3,(H,18,19). The topological polar surface area (TPSA) is 59.6 Å². The van der Waals surface area contributed by atoms with Gasteiger partial charge in [-0.3, -0.25) is 4.79 Å². The molecule has 2 N–H and O–H groups in total. The monoisotopic (exact) mass is 292 g/mol. The van der Waals surface area contributed by atoms with Crippen molar-refractivity contribution in [2.24, 2.45) is 5.41 Å². The van der Waals surface area contributed by atoms with E-state index in [1.165, 1.54) is 5.56 Å². The highest BCUT2D eigenvalue weighted by Gasteiger charge is 2.41. The molecule has 1 saturated heterocycles. The lowest BCUT2D eigenvalue weighted by Gasteiger charge is -2.25. The van der Waals surface area contributed by atoms with Crippen molar-refractivity contribution in [2.75, 3.05) is 40.5 Å². The van der Waals surface area contributed by atoms with Gasteiger partial charge in [0.05, 0.1) is 19.1 Å². The molecule has 1 aliphatic rings. The second-order valence-electron chi connectivity index (χ2n) is 5.49. The van der Waals surface area contributed by atoms with Crippen LogP contribution in [0.25, 0.3) is 0 Å². The van der Waals surface area contributed by atoms with Gasteiger partial charge in [-0.25, -0.2) is 0 Å². The first-order valence-corrected chi connectivity index (χ1v) is 7.31. The molecule has 2 rings (SSSR count). The van der Waals surface area contributed by atoms with Crippen LogP contribution in [0.1, 0.15) is 12.0 Å². The van der Waals surface area contributed by atoms with Gasteiger partial charge < -0.3 is 20.1 Å². The molecule has 5 nitrogen and oxygen atoms in total. The predicted octanol–water partition coefficient (Wildman–Crippen LogP) is 0.980. The Balaban J connectivity index is 1.82. The minimum absolute atomic E-state index is 0.0860. The fourth-order valence-electron chi connectivity index (χ4n) is 2.70. The summed E-state index contributed by atoms with van der Waals surface area (Å²) in [5.41, 5.74) is 0.774. The Labute approximate surface area is 126 Å². The van der Waals surface area contributed by atoms with Gasteiger partial charge in [-0.05, 0) is 37.1 Å². The molecule has 5 heteroatoms. The Morgan fingerprint density at radius 1 is 1.33 bits per heavy atom. The second kappa shape index (κ2) is 7.43. The fourth-order valence-corrected chi connectivity index (χ4v) is 2.70. The Hall–Kier alpha value is -1.59. The van der Waals surface area contributed by atoms with Crippen molar-refractivity contribution in [1.82, 2.24) is 10.6 Å². The van der Waals surface area contributed by atoms with Gasteiger partial charge in [-0.1, -0.05) is 12.1 Å². The Kier molecular flexibility index (Phi) is 5.59. The molecule has 0 aromatic heterocycles. The largest absolute Gasteiger partial charge is 0.497 e. The molecule has 1 fully saturated rings. The molecule has 0 spiro atoms. The SMILES string of the molecule is COCC1(C(=O)NCCc2ccc(OC)cc2)CCNC1. The Bertz CT molecular complexity index is 453. The molecule has 0 bridgehead atoms. The van der Waals surface area contributed by atoms with E-state index in [0.717, 1.165) is 25.1 Å². The van der Waals surface area contributed by atoms with Crippen molar-refractivity contribution in [1.29, 1.82) is 0 Å². The smallest absolute Gasteiger partial charge is 0.229 e. The van der Waals surface area contributed by atoms with Crippen molar-refractivity contribution in [3.05, 3.63) is 29.8 Å². The quantitative estimate of drug-likeness (QED) is 0.786. The van der Waals surface area contributed by atoms with E-state index in [1.54, 1.807) is 14.2 Å². The van der Waals surface area contributed by atoms with E-state index in [2.05, 4.69) is 10.6 Å². The zero-order valence-electron chi connectivity index (χ0n) is 12.8. The van der Waals surface area contributed by atoms with E-state index in [4.69, 9.17) is 9.47 Å². The minimum Gasteiger partial charge on any atom is -0.497 e. The van der Waals surface area contributed by atoms with Crippen LogP contribution >= 0.6 is 0 Å². The normalized spacial score (nSPS) is 21.2. The number of rotatable bonds is 7. The fraction of sp³-hybridized carbons (Fsp3) is 0.562. The van der Waals surface area contributed by atoms with Gasteiger partial charge in [0.1, 0.15) is 5.75 Å². The first-order chi connectivity index (χ1) is 10.2. The molecule has 1 aromatic rings. The van der Waals surface area contributed by atoms with Crippen LogP contribution in [-0.2, 0) is 16.0 Å². The molecule has 21 heavy (non-hydrogen) atoms. The summed E-state index contributed by atoms with van der Waals surface area (Å²) < 4.78 is 10.4. The van der Waals surface area contributed by atoms with Gasteiger partial charge >= 0.3 is 0 Å². The van der Waals surface area contributed by atoms with E-state index >= 15 is 0 Å². The molecule has 0 saturated carbocycles.